The number of aliphatic hydroxyl groups is 1. The number of esters is 1. The molecule has 0 spiro atoms. The number of thioether (sulfide) groups is 1. The van der Waals surface area contributed by atoms with E-state index in [-0.39, 0.29) is 29.1 Å². The van der Waals surface area contributed by atoms with Crippen molar-refractivity contribution < 1.29 is 19.4 Å². The average molecular weight is 518 g/mol. The fourth-order valence-corrected chi connectivity index (χ4v) is 10.5. The van der Waals surface area contributed by atoms with Gasteiger partial charge in [0.1, 0.15) is 11.9 Å². The molecule has 2 heterocycles. The Hall–Kier alpha value is -0.850. The minimum atomic E-state index is -0.619. The molecule has 0 radical (unpaired) electrons. The van der Waals surface area contributed by atoms with Gasteiger partial charge >= 0.3 is 5.97 Å². The number of ketones is 1. The predicted octanol–water partition coefficient (Wildman–Crippen LogP) is 5.25. The molecule has 0 amide bonds. The first-order valence-corrected chi connectivity index (χ1v) is 15.4. The van der Waals surface area contributed by atoms with Gasteiger partial charge in [0.2, 0.25) is 0 Å². The molecule has 36 heavy (non-hydrogen) atoms. The molecule has 5 nitrogen and oxygen atoms in total. The SMILES string of the molecule is C=C[C@]1(C)C[C@@H](OC(=O)CSC2C[C@H]3CC[C@@H](C2)N3C)[C@]2(C)C(C)CC[C@]3(CCC(=O)C32)[C@@H](C)[C@@H]1O. The van der Waals surface area contributed by atoms with E-state index in [2.05, 4.69) is 46.2 Å². The first-order chi connectivity index (χ1) is 17.0. The monoisotopic (exact) mass is 517 g/mol. The van der Waals surface area contributed by atoms with E-state index in [0.717, 1.165) is 32.1 Å². The van der Waals surface area contributed by atoms with Crippen LogP contribution in [-0.4, -0.2) is 64.1 Å². The smallest absolute Gasteiger partial charge is 0.316 e. The van der Waals surface area contributed by atoms with Gasteiger partial charge in [-0.25, -0.2) is 0 Å². The third-order valence-corrected chi connectivity index (χ3v) is 13.3. The highest BCUT2D eigenvalue weighted by Gasteiger charge is 2.68. The molecule has 4 bridgehead atoms. The van der Waals surface area contributed by atoms with Gasteiger partial charge in [-0.1, -0.05) is 33.8 Å². The van der Waals surface area contributed by atoms with Gasteiger partial charge in [-0.3, -0.25) is 9.59 Å². The van der Waals surface area contributed by atoms with Crippen LogP contribution in [0.2, 0.25) is 0 Å². The zero-order chi connectivity index (χ0) is 26.0. The summed E-state index contributed by atoms with van der Waals surface area (Å²) in [5.41, 5.74) is -1.24. The molecule has 3 aliphatic carbocycles. The minimum absolute atomic E-state index is 0.00390. The van der Waals surface area contributed by atoms with E-state index < -0.39 is 23.0 Å². The van der Waals surface area contributed by atoms with Crippen LogP contribution in [-0.2, 0) is 14.3 Å². The molecular formula is C30H47NO4S. The van der Waals surface area contributed by atoms with Crippen molar-refractivity contribution in [2.45, 2.75) is 115 Å². The van der Waals surface area contributed by atoms with E-state index in [1.165, 1.54) is 12.8 Å². The summed E-state index contributed by atoms with van der Waals surface area (Å²) in [4.78, 5) is 29.4. The van der Waals surface area contributed by atoms with Gasteiger partial charge in [0.05, 0.1) is 11.9 Å². The van der Waals surface area contributed by atoms with Gasteiger partial charge in [-0.15, -0.1) is 18.3 Å². The summed E-state index contributed by atoms with van der Waals surface area (Å²) in [6, 6.07) is 1.31. The first-order valence-electron chi connectivity index (χ1n) is 14.3. The van der Waals surface area contributed by atoms with Crippen LogP contribution in [0.15, 0.2) is 12.7 Å². The average Bonchev–Trinajstić information content (AvgIpc) is 3.28. The Balaban J connectivity index is 1.39. The van der Waals surface area contributed by atoms with Gasteiger partial charge in [-0.05, 0) is 75.7 Å². The molecule has 0 aromatic carbocycles. The summed E-state index contributed by atoms with van der Waals surface area (Å²) in [6.45, 7) is 12.8. The summed E-state index contributed by atoms with van der Waals surface area (Å²) >= 11 is 1.76. The fourth-order valence-electron chi connectivity index (χ4n) is 9.38. The van der Waals surface area contributed by atoms with Crippen LogP contribution in [0.1, 0.15) is 85.5 Å². The van der Waals surface area contributed by atoms with Gasteiger partial charge < -0.3 is 14.7 Å². The maximum Gasteiger partial charge on any atom is 0.316 e. The summed E-state index contributed by atoms with van der Waals surface area (Å²) < 4.78 is 6.42. The lowest BCUT2D eigenvalue weighted by Gasteiger charge is -2.61. The summed E-state index contributed by atoms with van der Waals surface area (Å²) in [7, 11) is 2.24. The molecule has 3 unspecified atom stereocenters. The highest BCUT2D eigenvalue weighted by molar-refractivity contribution is 8.00. The molecular weight excluding hydrogens is 470 g/mol. The second kappa shape index (κ2) is 9.41. The van der Waals surface area contributed by atoms with Crippen molar-refractivity contribution in [3.05, 3.63) is 12.7 Å². The first kappa shape index (κ1) is 26.7. The van der Waals surface area contributed by atoms with E-state index in [4.69, 9.17) is 4.74 Å². The number of piperidine rings is 1. The number of fused-ring (bicyclic) bond motifs is 2. The fraction of sp³-hybridized carbons (Fsp3) is 0.867. The van der Waals surface area contributed by atoms with Crippen LogP contribution >= 0.6 is 11.8 Å². The maximum absolute atomic E-state index is 13.5. The zero-order valence-corrected chi connectivity index (χ0v) is 23.8. The van der Waals surface area contributed by atoms with Crippen molar-refractivity contribution in [1.82, 2.24) is 4.90 Å². The predicted molar refractivity (Wildman–Crippen MR) is 145 cm³/mol. The van der Waals surface area contributed by atoms with Gasteiger partial charge in [0.25, 0.3) is 0 Å². The highest BCUT2D eigenvalue weighted by atomic mass is 32.2. The van der Waals surface area contributed by atoms with Gasteiger partial charge in [-0.2, -0.15) is 0 Å². The Kier molecular flexibility index (Phi) is 6.99. The molecule has 6 heteroatoms. The topological polar surface area (TPSA) is 66.8 Å². The molecule has 2 saturated heterocycles. The molecule has 5 rings (SSSR count). The number of Topliss-reactive ketones (excluding diaryl/α,β-unsaturated/α-hetero) is 1. The lowest BCUT2D eigenvalue weighted by Crippen LogP contribution is -2.63. The van der Waals surface area contributed by atoms with Crippen LogP contribution in [0.5, 0.6) is 0 Å². The van der Waals surface area contributed by atoms with E-state index in [1.54, 1.807) is 11.8 Å². The molecule has 0 aromatic rings. The normalized spacial score (nSPS) is 50.8. The van der Waals surface area contributed by atoms with Crippen molar-refractivity contribution in [3.8, 4) is 0 Å². The molecule has 3 saturated carbocycles. The summed E-state index contributed by atoms with van der Waals surface area (Å²) in [5.74, 6) is 0.605. The Labute approximate surface area is 222 Å². The second-order valence-electron chi connectivity index (χ2n) is 13.5. The lowest BCUT2D eigenvalue weighted by molar-refractivity contribution is -0.205. The van der Waals surface area contributed by atoms with Crippen molar-refractivity contribution in [1.29, 1.82) is 0 Å². The largest absolute Gasteiger partial charge is 0.461 e. The third kappa shape index (κ3) is 3.95. The Morgan fingerprint density at radius 2 is 1.86 bits per heavy atom. The van der Waals surface area contributed by atoms with Crippen LogP contribution in [0.4, 0.5) is 0 Å². The van der Waals surface area contributed by atoms with Gasteiger partial charge in [0.15, 0.2) is 0 Å². The van der Waals surface area contributed by atoms with E-state index >= 15 is 0 Å². The number of hydrogen-bond donors (Lipinski definition) is 1. The number of nitrogens with zero attached hydrogens (tertiary/aromatic N) is 1. The molecule has 2 aliphatic heterocycles. The Morgan fingerprint density at radius 3 is 2.50 bits per heavy atom. The molecule has 11 atom stereocenters. The van der Waals surface area contributed by atoms with Crippen molar-refractivity contribution in [2.75, 3.05) is 12.8 Å². The third-order valence-electron chi connectivity index (χ3n) is 12.1. The van der Waals surface area contributed by atoms with E-state index in [0.29, 0.717) is 41.7 Å². The summed E-state index contributed by atoms with van der Waals surface area (Å²) in [5, 5.41) is 12.2. The van der Waals surface area contributed by atoms with Crippen LogP contribution < -0.4 is 0 Å². The number of rotatable bonds is 5. The molecule has 5 fully saturated rings. The van der Waals surface area contributed by atoms with Gasteiger partial charge in [0, 0.05) is 40.5 Å². The molecule has 5 aliphatic rings. The number of carbonyl (C=O) groups excluding carboxylic acids is 2. The maximum atomic E-state index is 13.5. The van der Waals surface area contributed by atoms with Crippen molar-refractivity contribution >= 4 is 23.5 Å². The lowest BCUT2D eigenvalue weighted by atomic mass is 9.44. The molecule has 1 N–H and O–H groups in total. The number of aliphatic hydroxyl groups excluding tert-OH is 1. The number of carbonyl (C=O) groups is 2. The quantitative estimate of drug-likeness (QED) is 0.397. The second-order valence-corrected chi connectivity index (χ2v) is 14.8. The zero-order valence-electron chi connectivity index (χ0n) is 23.0. The minimum Gasteiger partial charge on any atom is -0.461 e. The number of hydrogen-bond acceptors (Lipinski definition) is 6. The van der Waals surface area contributed by atoms with Crippen LogP contribution in [0, 0.1) is 34.0 Å². The van der Waals surface area contributed by atoms with E-state index in [9.17, 15) is 14.7 Å². The Bertz CT molecular complexity index is 895. The van der Waals surface area contributed by atoms with Crippen molar-refractivity contribution in [3.63, 3.8) is 0 Å². The van der Waals surface area contributed by atoms with Crippen LogP contribution in [0.25, 0.3) is 0 Å². The van der Waals surface area contributed by atoms with Crippen LogP contribution in [0.3, 0.4) is 0 Å². The Morgan fingerprint density at radius 1 is 1.19 bits per heavy atom. The standard InChI is InChI=1S/C30H47NO4S/c1-7-28(4)16-24(35-25(33)17-36-22-14-20-8-9-21(15-22)31(20)6)29(5)18(2)10-12-30(19(3)27(28)34)13-11-23(32)26(29)30/h7,18-22,24,26-27,34H,1,8-17H2,2-6H3/t18?,19-,20-,21+,22?,24+,26?,27-,28+,29-,30-/m0/s1. The number of ether oxygens (including phenoxy) is 1. The van der Waals surface area contributed by atoms with E-state index in [1.807, 2.05) is 6.08 Å². The van der Waals surface area contributed by atoms with Crippen molar-refractivity contribution in [2.24, 2.45) is 34.0 Å². The molecule has 0 aromatic heterocycles. The summed E-state index contributed by atoms with van der Waals surface area (Å²) in [6.07, 6.45) is 9.58. The molecule has 202 valence electrons. The highest BCUT2D eigenvalue weighted by Crippen LogP contribution is 2.68.